The van der Waals surface area contributed by atoms with Crippen LogP contribution in [0.15, 0.2) is 24.3 Å². The minimum Gasteiger partial charge on any atom is -0.494 e. The van der Waals surface area contributed by atoms with Gasteiger partial charge in [0.05, 0.1) is 19.8 Å². The van der Waals surface area contributed by atoms with E-state index in [-0.39, 0.29) is 0 Å². The summed E-state index contributed by atoms with van der Waals surface area (Å²) in [6, 6.07) is 8.69. The fraction of sp³-hybridized carbons (Fsp3) is 0.647. The number of hydrogen-bond acceptors (Lipinski definition) is 4. The fourth-order valence-corrected chi connectivity index (χ4v) is 1.93. The Labute approximate surface area is 128 Å². The van der Waals surface area contributed by atoms with Crippen LogP contribution in [0, 0.1) is 0 Å². The van der Waals surface area contributed by atoms with Crippen molar-refractivity contribution in [1.82, 2.24) is 5.32 Å². The lowest BCUT2D eigenvalue weighted by Gasteiger charge is -2.14. The third-order valence-electron chi connectivity index (χ3n) is 3.21. The fourth-order valence-electron chi connectivity index (χ4n) is 1.93. The predicted octanol–water partition coefficient (Wildman–Crippen LogP) is 3.18. The Morgan fingerprint density at radius 2 is 1.81 bits per heavy atom. The number of ether oxygens (including phenoxy) is 3. The molecule has 1 aromatic rings. The van der Waals surface area contributed by atoms with E-state index in [1.54, 1.807) is 7.11 Å². The van der Waals surface area contributed by atoms with Crippen LogP contribution in [-0.4, -0.2) is 40.1 Å². The van der Waals surface area contributed by atoms with Crippen LogP contribution in [0.1, 0.15) is 38.3 Å². The molecule has 0 radical (unpaired) electrons. The molecule has 0 bridgehead atoms. The number of nitrogens with one attached hydrogen (secondary N) is 1. The second kappa shape index (κ2) is 11.5. The van der Waals surface area contributed by atoms with Crippen molar-refractivity contribution in [2.24, 2.45) is 0 Å². The Morgan fingerprint density at radius 1 is 1.05 bits per heavy atom. The molecule has 0 aliphatic rings. The van der Waals surface area contributed by atoms with E-state index < -0.39 is 0 Å². The number of hydrogen-bond donors (Lipinski definition) is 1. The largest absolute Gasteiger partial charge is 0.494 e. The van der Waals surface area contributed by atoms with Gasteiger partial charge in [0.25, 0.3) is 0 Å². The predicted molar refractivity (Wildman–Crippen MR) is 86.0 cm³/mol. The zero-order valence-corrected chi connectivity index (χ0v) is 13.6. The Morgan fingerprint density at radius 3 is 2.48 bits per heavy atom. The van der Waals surface area contributed by atoms with Crippen molar-refractivity contribution in [3.05, 3.63) is 29.8 Å². The first-order valence-corrected chi connectivity index (χ1v) is 7.80. The molecule has 0 aliphatic carbocycles. The summed E-state index contributed by atoms with van der Waals surface area (Å²) in [5.74, 6) is 0.915. The Kier molecular flexibility index (Phi) is 9.87. The van der Waals surface area contributed by atoms with E-state index in [0.29, 0.717) is 32.5 Å². The van der Waals surface area contributed by atoms with Gasteiger partial charge in [0, 0.05) is 26.2 Å². The van der Waals surface area contributed by atoms with Crippen molar-refractivity contribution in [1.29, 1.82) is 0 Å². The van der Waals surface area contributed by atoms with E-state index in [0.717, 1.165) is 25.1 Å². The van der Waals surface area contributed by atoms with Crippen LogP contribution in [0.25, 0.3) is 0 Å². The van der Waals surface area contributed by atoms with Crippen molar-refractivity contribution in [3.63, 3.8) is 0 Å². The molecule has 1 rings (SSSR count). The molecule has 1 aromatic carbocycles. The summed E-state index contributed by atoms with van der Waals surface area (Å²) in [5.41, 5.74) is 1.29. The van der Waals surface area contributed by atoms with Crippen molar-refractivity contribution in [2.75, 3.05) is 40.1 Å². The van der Waals surface area contributed by atoms with Crippen LogP contribution in [0.5, 0.6) is 5.75 Å². The first-order chi connectivity index (χ1) is 10.3. The van der Waals surface area contributed by atoms with E-state index >= 15 is 0 Å². The van der Waals surface area contributed by atoms with Gasteiger partial charge in [-0.1, -0.05) is 19.1 Å². The summed E-state index contributed by atoms with van der Waals surface area (Å²) >= 11 is 0. The number of methoxy groups -OCH3 is 1. The van der Waals surface area contributed by atoms with Crippen LogP contribution < -0.4 is 10.1 Å². The molecule has 1 unspecified atom stereocenters. The highest BCUT2D eigenvalue weighted by Crippen LogP contribution is 2.17. The number of benzene rings is 1. The van der Waals surface area contributed by atoms with E-state index in [2.05, 4.69) is 31.3 Å². The molecule has 0 spiro atoms. The monoisotopic (exact) mass is 295 g/mol. The van der Waals surface area contributed by atoms with Crippen LogP contribution in [0.2, 0.25) is 0 Å². The molecule has 0 saturated carbocycles. The summed E-state index contributed by atoms with van der Waals surface area (Å²) < 4.78 is 16.0. The van der Waals surface area contributed by atoms with E-state index in [1.165, 1.54) is 5.56 Å². The highest BCUT2D eigenvalue weighted by molar-refractivity contribution is 5.28. The van der Waals surface area contributed by atoms with Crippen molar-refractivity contribution >= 4 is 0 Å². The lowest BCUT2D eigenvalue weighted by atomic mass is 10.1. The van der Waals surface area contributed by atoms with Crippen LogP contribution >= 0.6 is 0 Å². The Hall–Kier alpha value is -1.10. The third kappa shape index (κ3) is 8.05. The van der Waals surface area contributed by atoms with Crippen molar-refractivity contribution in [2.45, 2.75) is 32.7 Å². The Balaban J connectivity index is 2.19. The minimum atomic E-state index is 0.383. The van der Waals surface area contributed by atoms with Gasteiger partial charge in [0.1, 0.15) is 5.75 Å². The standard InChI is InChI=1S/C17H29NO3/c1-4-10-18-15(2)16-6-8-17(9-7-16)21-12-5-11-20-14-13-19-3/h6-9,15,18H,4-5,10-14H2,1-3H3. The van der Waals surface area contributed by atoms with Gasteiger partial charge in [-0.3, -0.25) is 0 Å². The summed E-state index contributed by atoms with van der Waals surface area (Å²) in [5, 5.41) is 3.48. The summed E-state index contributed by atoms with van der Waals surface area (Å²) in [7, 11) is 1.68. The average molecular weight is 295 g/mol. The molecule has 120 valence electrons. The molecular weight excluding hydrogens is 266 g/mol. The van der Waals surface area contributed by atoms with Gasteiger partial charge in [-0.2, -0.15) is 0 Å². The van der Waals surface area contributed by atoms with Crippen molar-refractivity contribution < 1.29 is 14.2 Å². The summed E-state index contributed by atoms with van der Waals surface area (Å²) in [4.78, 5) is 0. The van der Waals surface area contributed by atoms with Gasteiger partial charge in [0.2, 0.25) is 0 Å². The molecule has 1 N–H and O–H groups in total. The lowest BCUT2D eigenvalue weighted by molar-refractivity contribution is 0.0644. The maximum absolute atomic E-state index is 5.70. The molecule has 4 heteroatoms. The van der Waals surface area contributed by atoms with Gasteiger partial charge in [-0.25, -0.2) is 0 Å². The zero-order valence-electron chi connectivity index (χ0n) is 13.6. The zero-order chi connectivity index (χ0) is 15.3. The molecule has 0 aliphatic heterocycles. The van der Waals surface area contributed by atoms with E-state index in [4.69, 9.17) is 14.2 Å². The second-order valence-corrected chi connectivity index (χ2v) is 5.05. The molecule has 21 heavy (non-hydrogen) atoms. The minimum absolute atomic E-state index is 0.383. The van der Waals surface area contributed by atoms with Gasteiger partial charge in [-0.05, 0) is 37.6 Å². The van der Waals surface area contributed by atoms with Crippen molar-refractivity contribution in [3.8, 4) is 5.75 Å². The second-order valence-electron chi connectivity index (χ2n) is 5.05. The van der Waals surface area contributed by atoms with Crippen LogP contribution in [0.4, 0.5) is 0 Å². The first-order valence-electron chi connectivity index (χ1n) is 7.80. The highest BCUT2D eigenvalue weighted by atomic mass is 16.5. The van der Waals surface area contributed by atoms with Gasteiger partial charge < -0.3 is 19.5 Å². The smallest absolute Gasteiger partial charge is 0.119 e. The molecule has 4 nitrogen and oxygen atoms in total. The number of rotatable bonds is 12. The van der Waals surface area contributed by atoms with E-state index in [1.807, 2.05) is 12.1 Å². The molecule has 0 aromatic heterocycles. The molecule has 0 fully saturated rings. The summed E-state index contributed by atoms with van der Waals surface area (Å²) in [6.45, 7) is 8.08. The molecule has 0 saturated heterocycles. The van der Waals surface area contributed by atoms with Gasteiger partial charge >= 0.3 is 0 Å². The molecular formula is C17H29NO3. The molecule has 1 atom stereocenters. The quantitative estimate of drug-likeness (QED) is 0.601. The topological polar surface area (TPSA) is 39.7 Å². The molecule has 0 heterocycles. The molecule has 0 amide bonds. The van der Waals surface area contributed by atoms with Gasteiger partial charge in [0.15, 0.2) is 0 Å². The summed E-state index contributed by atoms with van der Waals surface area (Å²) in [6.07, 6.45) is 2.04. The van der Waals surface area contributed by atoms with E-state index in [9.17, 15) is 0 Å². The lowest BCUT2D eigenvalue weighted by Crippen LogP contribution is -2.19. The third-order valence-corrected chi connectivity index (χ3v) is 3.21. The van der Waals surface area contributed by atoms with Crippen LogP contribution in [0.3, 0.4) is 0 Å². The maximum atomic E-state index is 5.70. The first kappa shape index (κ1) is 18.0. The SMILES string of the molecule is CCCNC(C)c1ccc(OCCCOCCOC)cc1. The average Bonchev–Trinajstić information content (AvgIpc) is 2.52. The maximum Gasteiger partial charge on any atom is 0.119 e. The van der Waals surface area contributed by atoms with Gasteiger partial charge in [-0.15, -0.1) is 0 Å². The normalized spacial score (nSPS) is 12.3. The Bertz CT molecular complexity index is 354. The highest BCUT2D eigenvalue weighted by Gasteiger charge is 2.03. The van der Waals surface area contributed by atoms with Crippen LogP contribution in [-0.2, 0) is 9.47 Å².